The van der Waals surface area contributed by atoms with E-state index in [0.717, 1.165) is 21.2 Å². The lowest BCUT2D eigenvalue weighted by Crippen LogP contribution is -2.49. The number of amides is 1. The third-order valence-electron chi connectivity index (χ3n) is 8.01. The predicted molar refractivity (Wildman–Crippen MR) is 151 cm³/mol. The molecule has 7 rings (SSSR count). The van der Waals surface area contributed by atoms with Gasteiger partial charge in [0.05, 0.1) is 16.8 Å². The predicted octanol–water partition coefficient (Wildman–Crippen LogP) is 6.49. The highest BCUT2D eigenvalue weighted by Gasteiger charge is 2.70. The summed E-state index contributed by atoms with van der Waals surface area (Å²) in [6.45, 7) is 0. The van der Waals surface area contributed by atoms with Gasteiger partial charge in [0.1, 0.15) is 11.5 Å². The van der Waals surface area contributed by atoms with Crippen molar-refractivity contribution in [3.63, 3.8) is 0 Å². The van der Waals surface area contributed by atoms with Gasteiger partial charge in [-0.15, -0.1) is 11.3 Å². The normalized spacial score (nSPS) is 24.6. The number of hydrogen-bond donors (Lipinski definition) is 1. The Morgan fingerprint density at radius 3 is 2.45 bits per heavy atom. The smallest absolute Gasteiger partial charge is 0.238 e. The summed E-state index contributed by atoms with van der Waals surface area (Å²) in [5, 5.41) is 4.94. The molecule has 3 aliphatic heterocycles. The van der Waals surface area contributed by atoms with Crippen molar-refractivity contribution in [1.29, 1.82) is 0 Å². The summed E-state index contributed by atoms with van der Waals surface area (Å²) in [7, 11) is 0. The van der Waals surface area contributed by atoms with E-state index in [1.54, 1.807) is 18.2 Å². The van der Waals surface area contributed by atoms with Crippen LogP contribution in [0.4, 0.5) is 5.69 Å². The first-order chi connectivity index (χ1) is 18.5. The first kappa shape index (κ1) is 23.3. The van der Waals surface area contributed by atoms with E-state index in [-0.39, 0.29) is 17.5 Å². The molecule has 1 N–H and O–H groups in total. The number of carbonyl (C=O) groups is 3. The number of halogens is 1. The molecule has 4 atom stereocenters. The first-order valence-corrected chi connectivity index (χ1v) is 14.0. The molecular formula is C31H21BrN2O3S. The van der Waals surface area contributed by atoms with E-state index in [1.165, 1.54) is 11.3 Å². The number of Topliss-reactive ketones (excluding diaryl/α,β-unsaturated/α-hetero) is 2. The number of rotatable bonds is 4. The van der Waals surface area contributed by atoms with Gasteiger partial charge in [-0.25, -0.2) is 0 Å². The first-order valence-electron chi connectivity index (χ1n) is 12.3. The molecule has 0 unspecified atom stereocenters. The molecule has 1 amide bonds. The second kappa shape index (κ2) is 8.61. The van der Waals surface area contributed by atoms with Crippen molar-refractivity contribution in [3.8, 4) is 0 Å². The van der Waals surface area contributed by atoms with Gasteiger partial charge in [0.2, 0.25) is 5.91 Å². The molecule has 1 aromatic heterocycles. The van der Waals surface area contributed by atoms with E-state index < -0.39 is 23.4 Å². The molecule has 38 heavy (non-hydrogen) atoms. The van der Waals surface area contributed by atoms with Crippen LogP contribution >= 0.6 is 27.3 Å². The van der Waals surface area contributed by atoms with E-state index >= 15 is 0 Å². The van der Waals surface area contributed by atoms with Gasteiger partial charge in [-0.1, -0.05) is 76.6 Å². The van der Waals surface area contributed by atoms with Gasteiger partial charge in [0, 0.05) is 21.9 Å². The van der Waals surface area contributed by atoms with Crippen LogP contribution in [-0.4, -0.2) is 28.4 Å². The van der Waals surface area contributed by atoms with Gasteiger partial charge in [0.25, 0.3) is 0 Å². The van der Waals surface area contributed by atoms with Crippen molar-refractivity contribution in [2.24, 2.45) is 5.92 Å². The Bertz CT molecular complexity index is 1650. The Morgan fingerprint density at radius 2 is 1.66 bits per heavy atom. The zero-order valence-corrected chi connectivity index (χ0v) is 22.4. The van der Waals surface area contributed by atoms with Crippen molar-refractivity contribution in [1.82, 2.24) is 4.90 Å². The Hall–Kier alpha value is -3.81. The lowest BCUT2D eigenvalue weighted by Gasteiger charge is -2.38. The minimum absolute atomic E-state index is 0.154. The average Bonchev–Trinajstić information content (AvgIpc) is 3.65. The third kappa shape index (κ3) is 3.12. The third-order valence-corrected chi connectivity index (χ3v) is 9.43. The number of carbonyl (C=O) groups excluding carboxylic acids is 3. The van der Waals surface area contributed by atoms with Crippen molar-refractivity contribution >= 4 is 56.5 Å². The van der Waals surface area contributed by atoms with E-state index in [1.807, 2.05) is 89.3 Å². The molecule has 0 radical (unpaired) electrons. The molecule has 0 saturated carbocycles. The molecule has 1 saturated heterocycles. The molecule has 0 aliphatic carbocycles. The van der Waals surface area contributed by atoms with E-state index in [2.05, 4.69) is 21.2 Å². The number of anilines is 1. The summed E-state index contributed by atoms with van der Waals surface area (Å²) >= 11 is 4.81. The fraction of sp³-hybridized carbons (Fsp3) is 0.129. The number of nitrogens with zero attached hydrogens (tertiary/aromatic N) is 1. The van der Waals surface area contributed by atoms with Gasteiger partial charge in [-0.3, -0.25) is 14.4 Å². The van der Waals surface area contributed by atoms with Gasteiger partial charge in [-0.05, 0) is 52.4 Å². The number of hydrogen-bond acceptors (Lipinski definition) is 5. The van der Waals surface area contributed by atoms with Gasteiger partial charge >= 0.3 is 0 Å². The van der Waals surface area contributed by atoms with Crippen LogP contribution < -0.4 is 5.32 Å². The van der Waals surface area contributed by atoms with Crippen molar-refractivity contribution < 1.29 is 14.4 Å². The Morgan fingerprint density at radius 1 is 0.895 bits per heavy atom. The van der Waals surface area contributed by atoms with Crippen LogP contribution in [0.15, 0.2) is 101 Å². The minimum atomic E-state index is -1.31. The lowest BCUT2D eigenvalue weighted by molar-refractivity contribution is -0.122. The fourth-order valence-electron chi connectivity index (χ4n) is 6.53. The molecule has 0 bridgehead atoms. The highest BCUT2D eigenvalue weighted by molar-refractivity contribution is 9.10. The van der Waals surface area contributed by atoms with Crippen LogP contribution in [0.1, 0.15) is 42.8 Å². The molecule has 7 heteroatoms. The number of nitrogens with one attached hydrogen (secondary N) is 1. The van der Waals surface area contributed by atoms with Crippen LogP contribution in [0.2, 0.25) is 0 Å². The SMILES string of the molecule is O=C(c1cccs1)[C@@H]1[C@@H](C(=O)c2ccc(Br)cc2)[C@@]2(C(=O)Nc3ccccc32)[C@H]2c3ccccc3C=CN12. The van der Waals surface area contributed by atoms with Crippen LogP contribution in [0.5, 0.6) is 0 Å². The van der Waals surface area contributed by atoms with Crippen molar-refractivity contribution in [2.45, 2.75) is 17.5 Å². The number of thiophene rings is 1. The van der Waals surface area contributed by atoms with Gasteiger partial charge < -0.3 is 10.2 Å². The summed E-state index contributed by atoms with van der Waals surface area (Å²) in [5.74, 6) is -1.59. The highest BCUT2D eigenvalue weighted by Crippen LogP contribution is 2.62. The van der Waals surface area contributed by atoms with Crippen molar-refractivity contribution in [2.75, 3.05) is 5.32 Å². The molecule has 5 nitrogen and oxygen atoms in total. The lowest BCUT2D eigenvalue weighted by atomic mass is 9.63. The van der Waals surface area contributed by atoms with Crippen molar-refractivity contribution in [3.05, 3.63) is 128 Å². The molecule has 4 aromatic rings. The molecule has 1 fully saturated rings. The number of fused-ring (bicyclic) bond motifs is 6. The van der Waals surface area contributed by atoms with Gasteiger partial charge in [-0.2, -0.15) is 0 Å². The Labute approximate surface area is 231 Å². The van der Waals surface area contributed by atoms with E-state index in [9.17, 15) is 14.4 Å². The molecule has 3 aromatic carbocycles. The maximum Gasteiger partial charge on any atom is 0.238 e. The summed E-state index contributed by atoms with van der Waals surface area (Å²) in [5.41, 5.74) is 2.50. The Balaban J connectivity index is 1.55. The molecule has 186 valence electrons. The zero-order valence-electron chi connectivity index (χ0n) is 20.0. The zero-order chi connectivity index (χ0) is 26.0. The molecular weight excluding hydrogens is 560 g/mol. The molecule has 4 heterocycles. The fourth-order valence-corrected chi connectivity index (χ4v) is 7.49. The highest BCUT2D eigenvalue weighted by atomic mass is 79.9. The second-order valence-corrected chi connectivity index (χ2v) is 11.7. The minimum Gasteiger partial charge on any atom is -0.358 e. The molecule has 3 aliphatic rings. The summed E-state index contributed by atoms with van der Waals surface area (Å²) in [6.07, 6.45) is 3.87. The summed E-state index contributed by atoms with van der Waals surface area (Å²) in [4.78, 5) is 45.8. The molecule has 1 spiro atoms. The van der Waals surface area contributed by atoms with Crippen LogP contribution in [0, 0.1) is 5.92 Å². The number of ketones is 2. The standard InChI is InChI=1S/C31H21BrN2O3S/c32-20-13-11-19(12-14-20)27(35)25-26(28(36)24-10-5-17-38-24)34-16-15-18-6-1-2-7-21(18)29(34)31(25)22-8-3-4-9-23(22)33-30(31)37/h1-17,25-26,29H,(H,33,37)/t25-,26-,29+,31+/m0/s1. The van der Waals surface area contributed by atoms with E-state index in [0.29, 0.717) is 16.1 Å². The summed E-state index contributed by atoms with van der Waals surface area (Å²) in [6, 6.07) is 24.9. The van der Waals surface area contributed by atoms with Gasteiger partial charge in [0.15, 0.2) is 11.6 Å². The maximum absolute atomic E-state index is 14.6. The number of para-hydroxylation sites is 1. The second-order valence-electron chi connectivity index (χ2n) is 9.80. The monoisotopic (exact) mass is 580 g/mol. The summed E-state index contributed by atoms with van der Waals surface area (Å²) < 4.78 is 0.847. The van der Waals surface area contributed by atoms with Crippen LogP contribution in [0.3, 0.4) is 0 Å². The largest absolute Gasteiger partial charge is 0.358 e. The van der Waals surface area contributed by atoms with Crippen LogP contribution in [0.25, 0.3) is 6.08 Å². The Kier molecular flexibility index (Phi) is 5.29. The van der Waals surface area contributed by atoms with E-state index in [4.69, 9.17) is 0 Å². The topological polar surface area (TPSA) is 66.5 Å². The average molecular weight is 581 g/mol. The van der Waals surface area contributed by atoms with Crippen LogP contribution in [-0.2, 0) is 10.2 Å². The maximum atomic E-state index is 14.6. The number of benzene rings is 3. The quantitative estimate of drug-likeness (QED) is 0.280.